The van der Waals surface area contributed by atoms with Gasteiger partial charge < -0.3 is 4.42 Å². The van der Waals surface area contributed by atoms with Crippen molar-refractivity contribution in [3.05, 3.63) is 90.6 Å². The van der Waals surface area contributed by atoms with Crippen LogP contribution >= 0.6 is 0 Å². The summed E-state index contributed by atoms with van der Waals surface area (Å²) in [6.45, 7) is 2.09. The Morgan fingerprint density at radius 2 is 1.46 bits per heavy atom. The number of para-hydroxylation sites is 1. The minimum atomic E-state index is 0.899. The molecule has 4 aromatic carbocycles. The van der Waals surface area contributed by atoms with Crippen LogP contribution in [-0.2, 0) is 0 Å². The monoisotopic (exact) mass is 359 g/mol. The number of benzene rings is 4. The molecule has 6 aromatic rings. The number of pyridine rings is 1. The number of nitrogens with zero attached hydrogens (tertiary/aromatic N) is 1. The zero-order chi connectivity index (χ0) is 18.7. The molecule has 0 aliphatic heterocycles. The average molecular weight is 359 g/mol. The van der Waals surface area contributed by atoms with Gasteiger partial charge in [-0.2, -0.15) is 0 Å². The van der Waals surface area contributed by atoms with Gasteiger partial charge >= 0.3 is 0 Å². The predicted molar refractivity (Wildman–Crippen MR) is 117 cm³/mol. The molecule has 2 nitrogen and oxygen atoms in total. The second kappa shape index (κ2) is 5.67. The van der Waals surface area contributed by atoms with E-state index in [1.165, 1.54) is 27.1 Å². The maximum atomic E-state index is 6.56. The van der Waals surface area contributed by atoms with Crippen LogP contribution in [0.25, 0.3) is 54.7 Å². The van der Waals surface area contributed by atoms with Gasteiger partial charge in [0.2, 0.25) is 0 Å². The molecule has 0 spiro atoms. The Labute approximate surface area is 162 Å². The summed E-state index contributed by atoms with van der Waals surface area (Å²) in [7, 11) is 0. The smallest absolute Gasteiger partial charge is 0.144 e. The van der Waals surface area contributed by atoms with Crippen molar-refractivity contribution in [2.24, 2.45) is 0 Å². The highest BCUT2D eigenvalue weighted by molar-refractivity contribution is 6.23. The van der Waals surface area contributed by atoms with Gasteiger partial charge in [-0.05, 0) is 52.9 Å². The highest BCUT2D eigenvalue weighted by Crippen LogP contribution is 2.40. The third-order valence-corrected chi connectivity index (χ3v) is 5.56. The van der Waals surface area contributed by atoms with E-state index >= 15 is 0 Å². The normalized spacial score (nSPS) is 11.8. The highest BCUT2D eigenvalue weighted by Gasteiger charge is 2.16. The third-order valence-electron chi connectivity index (χ3n) is 5.56. The number of aryl methyl sites for hydroxylation is 1. The molecule has 0 bridgehead atoms. The molecule has 0 N–H and O–H groups in total. The van der Waals surface area contributed by atoms with Crippen LogP contribution in [0.15, 0.2) is 89.5 Å². The minimum absolute atomic E-state index is 0.899. The Kier molecular flexibility index (Phi) is 3.12. The molecule has 0 aliphatic rings. The molecular weight excluding hydrogens is 342 g/mol. The lowest BCUT2D eigenvalue weighted by atomic mass is 9.99. The minimum Gasteiger partial charge on any atom is -0.455 e. The Balaban J connectivity index is 1.79. The van der Waals surface area contributed by atoms with Crippen molar-refractivity contribution in [1.82, 2.24) is 4.98 Å². The summed E-state index contributed by atoms with van der Waals surface area (Å²) in [5.74, 6) is 0. The Morgan fingerprint density at radius 1 is 0.679 bits per heavy atom. The van der Waals surface area contributed by atoms with E-state index in [1.807, 2.05) is 12.3 Å². The number of fused-ring (bicyclic) bond motifs is 7. The number of aromatic nitrogens is 1. The molecule has 2 aromatic heterocycles. The molecule has 28 heavy (non-hydrogen) atoms. The maximum absolute atomic E-state index is 6.56. The van der Waals surface area contributed by atoms with Crippen LogP contribution in [0.5, 0.6) is 0 Å². The molecule has 2 heterocycles. The standard InChI is InChI=1S/C26H17NO/c1-16-13-14-27-23(15-16)22-8-4-7-20-21-12-11-18-10-9-17-5-2-3-6-19(17)24(18)26(21)28-25(20)22/h2-15H,1H3. The first kappa shape index (κ1) is 15.4. The van der Waals surface area contributed by atoms with Crippen LogP contribution in [0, 0.1) is 6.92 Å². The van der Waals surface area contributed by atoms with E-state index < -0.39 is 0 Å². The highest BCUT2D eigenvalue weighted by atomic mass is 16.3. The Hall–Kier alpha value is -3.65. The summed E-state index contributed by atoms with van der Waals surface area (Å²) in [5, 5.41) is 7.10. The van der Waals surface area contributed by atoms with Crippen molar-refractivity contribution in [1.29, 1.82) is 0 Å². The van der Waals surface area contributed by atoms with Crippen molar-refractivity contribution in [3.8, 4) is 11.3 Å². The Bertz CT molecular complexity index is 1520. The van der Waals surface area contributed by atoms with Gasteiger partial charge in [0.25, 0.3) is 0 Å². The third kappa shape index (κ3) is 2.12. The van der Waals surface area contributed by atoms with Gasteiger partial charge in [0, 0.05) is 27.9 Å². The molecule has 132 valence electrons. The fraction of sp³-hybridized carbons (Fsp3) is 0.0385. The summed E-state index contributed by atoms with van der Waals surface area (Å²) in [6.07, 6.45) is 1.86. The van der Waals surface area contributed by atoms with E-state index in [-0.39, 0.29) is 0 Å². The largest absolute Gasteiger partial charge is 0.455 e. The maximum Gasteiger partial charge on any atom is 0.144 e. The summed E-state index contributed by atoms with van der Waals surface area (Å²) in [6, 6.07) is 27.6. The summed E-state index contributed by atoms with van der Waals surface area (Å²) < 4.78 is 6.56. The van der Waals surface area contributed by atoms with E-state index in [0.29, 0.717) is 0 Å². The molecule has 0 unspecified atom stereocenters. The van der Waals surface area contributed by atoms with Crippen LogP contribution in [0.3, 0.4) is 0 Å². The zero-order valence-corrected chi connectivity index (χ0v) is 15.4. The van der Waals surface area contributed by atoms with Crippen molar-refractivity contribution in [3.63, 3.8) is 0 Å². The van der Waals surface area contributed by atoms with E-state index in [0.717, 1.165) is 33.2 Å². The molecule has 0 radical (unpaired) electrons. The van der Waals surface area contributed by atoms with E-state index in [4.69, 9.17) is 4.42 Å². The molecule has 0 aliphatic carbocycles. The van der Waals surface area contributed by atoms with Gasteiger partial charge in [-0.15, -0.1) is 0 Å². The van der Waals surface area contributed by atoms with E-state index in [1.54, 1.807) is 0 Å². The van der Waals surface area contributed by atoms with Crippen molar-refractivity contribution < 1.29 is 4.42 Å². The number of furan rings is 1. The van der Waals surface area contributed by atoms with Crippen LogP contribution in [0.4, 0.5) is 0 Å². The van der Waals surface area contributed by atoms with Gasteiger partial charge in [-0.1, -0.05) is 54.6 Å². The zero-order valence-electron chi connectivity index (χ0n) is 15.4. The first-order chi connectivity index (χ1) is 13.8. The van der Waals surface area contributed by atoms with Crippen molar-refractivity contribution in [2.75, 3.05) is 0 Å². The first-order valence-corrected chi connectivity index (χ1v) is 9.48. The van der Waals surface area contributed by atoms with Gasteiger partial charge in [0.15, 0.2) is 0 Å². The van der Waals surface area contributed by atoms with Crippen LogP contribution in [0.2, 0.25) is 0 Å². The Morgan fingerprint density at radius 3 is 2.39 bits per heavy atom. The van der Waals surface area contributed by atoms with Gasteiger partial charge in [-0.25, -0.2) is 0 Å². The average Bonchev–Trinajstić information content (AvgIpc) is 3.12. The molecule has 0 saturated heterocycles. The SMILES string of the molecule is Cc1ccnc(-c2cccc3c2oc2c3ccc3ccc4ccccc4c32)c1. The van der Waals surface area contributed by atoms with E-state index in [2.05, 4.69) is 84.7 Å². The number of rotatable bonds is 1. The molecule has 0 fully saturated rings. The lowest BCUT2D eigenvalue weighted by molar-refractivity contribution is 0.674. The number of hydrogen-bond acceptors (Lipinski definition) is 2. The van der Waals surface area contributed by atoms with E-state index in [9.17, 15) is 0 Å². The molecule has 0 amide bonds. The predicted octanol–water partition coefficient (Wildman–Crippen LogP) is 7.26. The van der Waals surface area contributed by atoms with Crippen LogP contribution < -0.4 is 0 Å². The molecular formula is C26H17NO. The van der Waals surface area contributed by atoms with Gasteiger partial charge in [0.1, 0.15) is 11.2 Å². The van der Waals surface area contributed by atoms with Crippen molar-refractivity contribution >= 4 is 43.5 Å². The van der Waals surface area contributed by atoms with Crippen molar-refractivity contribution in [2.45, 2.75) is 6.92 Å². The quantitative estimate of drug-likeness (QED) is 0.289. The van der Waals surface area contributed by atoms with Gasteiger partial charge in [-0.3, -0.25) is 4.98 Å². The lowest BCUT2D eigenvalue weighted by Crippen LogP contribution is -1.84. The molecule has 6 rings (SSSR count). The summed E-state index contributed by atoms with van der Waals surface area (Å²) in [4.78, 5) is 4.58. The fourth-order valence-electron chi connectivity index (χ4n) is 4.23. The van der Waals surface area contributed by atoms with Crippen LogP contribution in [0.1, 0.15) is 5.56 Å². The summed E-state index contributed by atoms with van der Waals surface area (Å²) in [5.41, 5.74) is 5.01. The number of hydrogen-bond donors (Lipinski definition) is 0. The topological polar surface area (TPSA) is 26.0 Å². The second-order valence-corrected chi connectivity index (χ2v) is 7.33. The lowest BCUT2D eigenvalue weighted by Gasteiger charge is -2.04. The van der Waals surface area contributed by atoms with Crippen LogP contribution in [-0.4, -0.2) is 4.98 Å². The molecule has 2 heteroatoms. The first-order valence-electron chi connectivity index (χ1n) is 9.48. The molecule has 0 atom stereocenters. The second-order valence-electron chi connectivity index (χ2n) is 7.33. The molecule has 0 saturated carbocycles. The summed E-state index contributed by atoms with van der Waals surface area (Å²) >= 11 is 0. The van der Waals surface area contributed by atoms with Gasteiger partial charge in [0.05, 0.1) is 5.69 Å². The fourth-order valence-corrected chi connectivity index (χ4v) is 4.23.